The topological polar surface area (TPSA) is 76.0 Å². The number of hydrogen-bond donors (Lipinski definition) is 0. The standard InChI is InChI=1S/C30H23BrN2O4S2/c31-26-18-24(16-17-27(26)37-39(35,36)25-14-8-3-9-15-25)19-28-29(34)33(21-23-12-6-2-7-13-23)30(38-28)32-20-22-10-4-1-5-11-22/h1-19H,20-21H2/b28-19+,32-30?. The van der Waals surface area contributed by atoms with Gasteiger partial charge >= 0.3 is 10.1 Å². The number of carbonyl (C=O) groups is 1. The molecule has 4 aromatic carbocycles. The van der Waals surface area contributed by atoms with Crippen molar-refractivity contribution >= 4 is 55.0 Å². The van der Waals surface area contributed by atoms with E-state index >= 15 is 0 Å². The number of benzene rings is 4. The van der Waals surface area contributed by atoms with E-state index < -0.39 is 10.1 Å². The monoisotopic (exact) mass is 618 g/mol. The Bertz CT molecular complexity index is 1640. The van der Waals surface area contributed by atoms with Crippen molar-refractivity contribution in [3.63, 3.8) is 0 Å². The summed E-state index contributed by atoms with van der Waals surface area (Å²) in [6, 6.07) is 32.6. The molecular formula is C30H23BrN2O4S2. The van der Waals surface area contributed by atoms with Gasteiger partial charge in [0.15, 0.2) is 10.9 Å². The molecule has 1 heterocycles. The van der Waals surface area contributed by atoms with Crippen molar-refractivity contribution in [1.82, 2.24) is 4.90 Å². The molecular weight excluding hydrogens is 596 g/mol. The lowest BCUT2D eigenvalue weighted by atomic mass is 10.2. The van der Waals surface area contributed by atoms with Gasteiger partial charge in [-0.15, -0.1) is 0 Å². The lowest BCUT2D eigenvalue weighted by molar-refractivity contribution is -0.122. The Hall–Kier alpha value is -3.66. The Balaban J connectivity index is 1.39. The summed E-state index contributed by atoms with van der Waals surface area (Å²) in [4.78, 5) is 20.5. The van der Waals surface area contributed by atoms with Crippen molar-refractivity contribution in [3.05, 3.63) is 135 Å². The molecule has 1 amide bonds. The molecule has 0 aliphatic carbocycles. The maximum atomic E-state index is 13.5. The van der Waals surface area contributed by atoms with Gasteiger partial charge < -0.3 is 4.18 Å². The number of aliphatic imine (C=N–C) groups is 1. The number of hydrogen-bond acceptors (Lipinski definition) is 6. The van der Waals surface area contributed by atoms with Crippen LogP contribution in [0, 0.1) is 0 Å². The number of thioether (sulfide) groups is 1. The molecule has 0 unspecified atom stereocenters. The van der Waals surface area contributed by atoms with E-state index in [1.807, 2.05) is 60.7 Å². The molecule has 1 fully saturated rings. The summed E-state index contributed by atoms with van der Waals surface area (Å²) in [6.07, 6.45) is 1.77. The summed E-state index contributed by atoms with van der Waals surface area (Å²) in [6.45, 7) is 0.869. The molecule has 1 saturated heterocycles. The van der Waals surface area contributed by atoms with Gasteiger partial charge in [0.1, 0.15) is 4.90 Å². The molecule has 0 aromatic heterocycles. The fourth-order valence-corrected chi connectivity index (χ4v) is 6.38. The Morgan fingerprint density at radius 3 is 2.10 bits per heavy atom. The van der Waals surface area contributed by atoms with Crippen molar-refractivity contribution < 1.29 is 17.4 Å². The predicted molar refractivity (Wildman–Crippen MR) is 159 cm³/mol. The molecule has 1 aliphatic heterocycles. The van der Waals surface area contributed by atoms with Gasteiger partial charge in [0.2, 0.25) is 0 Å². The maximum absolute atomic E-state index is 13.5. The second-order valence-electron chi connectivity index (χ2n) is 8.61. The van der Waals surface area contributed by atoms with Crippen LogP contribution < -0.4 is 4.18 Å². The zero-order chi connectivity index (χ0) is 27.2. The molecule has 196 valence electrons. The zero-order valence-electron chi connectivity index (χ0n) is 20.6. The van der Waals surface area contributed by atoms with E-state index in [1.165, 1.54) is 23.9 Å². The third kappa shape index (κ3) is 6.68. The third-order valence-corrected chi connectivity index (χ3v) is 8.71. The number of carbonyl (C=O) groups excluding carboxylic acids is 1. The first-order valence-corrected chi connectivity index (χ1v) is 15.0. The Morgan fingerprint density at radius 2 is 1.46 bits per heavy atom. The summed E-state index contributed by atoms with van der Waals surface area (Å²) in [5.41, 5.74) is 2.77. The van der Waals surface area contributed by atoms with Crippen LogP contribution in [-0.2, 0) is 28.0 Å². The van der Waals surface area contributed by atoms with E-state index in [0.29, 0.717) is 33.2 Å². The normalized spacial score (nSPS) is 15.7. The minimum atomic E-state index is -3.98. The first-order chi connectivity index (χ1) is 18.9. The predicted octanol–water partition coefficient (Wildman–Crippen LogP) is 6.89. The van der Waals surface area contributed by atoms with Crippen LogP contribution in [0.4, 0.5) is 0 Å². The van der Waals surface area contributed by atoms with E-state index in [9.17, 15) is 13.2 Å². The minimum absolute atomic E-state index is 0.0665. The summed E-state index contributed by atoms with van der Waals surface area (Å²) >= 11 is 4.73. The fourth-order valence-electron chi connectivity index (χ4n) is 3.85. The number of halogens is 1. The summed E-state index contributed by atoms with van der Waals surface area (Å²) in [5.74, 6) is 0.0148. The molecule has 0 bridgehead atoms. The highest BCUT2D eigenvalue weighted by atomic mass is 79.9. The molecule has 6 nitrogen and oxygen atoms in total. The maximum Gasteiger partial charge on any atom is 0.339 e. The number of amidine groups is 1. The van der Waals surface area contributed by atoms with Gasteiger partial charge in [-0.05, 0) is 74.7 Å². The van der Waals surface area contributed by atoms with Crippen molar-refractivity contribution in [2.24, 2.45) is 4.99 Å². The number of rotatable bonds is 8. The quantitative estimate of drug-likeness (QED) is 0.159. The second-order valence-corrected chi connectivity index (χ2v) is 12.0. The SMILES string of the molecule is O=C1/C(=C\c2ccc(OS(=O)(=O)c3ccccc3)c(Br)c2)SC(=NCc2ccccc2)N1Cc1ccccc1. The van der Waals surface area contributed by atoms with Gasteiger partial charge in [-0.2, -0.15) is 8.42 Å². The summed E-state index contributed by atoms with van der Waals surface area (Å²) < 4.78 is 31.0. The van der Waals surface area contributed by atoms with E-state index in [0.717, 1.165) is 11.1 Å². The van der Waals surface area contributed by atoms with E-state index in [1.54, 1.807) is 47.4 Å². The molecule has 39 heavy (non-hydrogen) atoms. The van der Waals surface area contributed by atoms with E-state index in [4.69, 9.17) is 9.18 Å². The van der Waals surface area contributed by atoms with E-state index in [-0.39, 0.29) is 16.6 Å². The average Bonchev–Trinajstić information content (AvgIpc) is 3.24. The Kier molecular flexibility index (Phi) is 8.30. The molecule has 0 spiro atoms. The molecule has 5 rings (SSSR count). The first-order valence-electron chi connectivity index (χ1n) is 12.0. The fraction of sp³-hybridized carbons (Fsp3) is 0.0667. The van der Waals surface area contributed by atoms with Crippen LogP contribution in [0.15, 0.2) is 128 Å². The van der Waals surface area contributed by atoms with Gasteiger partial charge in [0, 0.05) is 0 Å². The summed E-state index contributed by atoms with van der Waals surface area (Å²) in [5, 5.41) is 0.631. The number of amides is 1. The molecule has 0 radical (unpaired) electrons. The van der Waals surface area contributed by atoms with Crippen molar-refractivity contribution in [3.8, 4) is 5.75 Å². The largest absolute Gasteiger partial charge is 0.378 e. The third-order valence-electron chi connectivity index (χ3n) is 5.80. The molecule has 4 aromatic rings. The van der Waals surface area contributed by atoms with Crippen LogP contribution >= 0.6 is 27.7 Å². The highest BCUT2D eigenvalue weighted by molar-refractivity contribution is 9.10. The molecule has 0 N–H and O–H groups in total. The van der Waals surface area contributed by atoms with E-state index in [2.05, 4.69) is 15.9 Å². The van der Waals surface area contributed by atoms with Crippen LogP contribution in [0.3, 0.4) is 0 Å². The Morgan fingerprint density at radius 1 is 0.846 bits per heavy atom. The summed E-state index contributed by atoms with van der Waals surface area (Å²) in [7, 11) is -3.98. The second kappa shape index (κ2) is 12.0. The Labute approximate surface area is 240 Å². The highest BCUT2D eigenvalue weighted by Gasteiger charge is 2.33. The first kappa shape index (κ1) is 26.9. The van der Waals surface area contributed by atoms with Crippen LogP contribution in [0.5, 0.6) is 5.75 Å². The average molecular weight is 620 g/mol. The van der Waals surface area contributed by atoms with Gasteiger partial charge in [-0.1, -0.05) is 84.9 Å². The molecule has 9 heteroatoms. The number of nitrogens with zero attached hydrogens (tertiary/aromatic N) is 2. The molecule has 0 atom stereocenters. The van der Waals surface area contributed by atoms with Crippen LogP contribution in [0.2, 0.25) is 0 Å². The smallest absolute Gasteiger partial charge is 0.339 e. The van der Waals surface area contributed by atoms with Crippen LogP contribution in [0.25, 0.3) is 6.08 Å². The molecule has 0 saturated carbocycles. The van der Waals surface area contributed by atoms with Crippen molar-refractivity contribution in [2.75, 3.05) is 0 Å². The van der Waals surface area contributed by atoms with Crippen molar-refractivity contribution in [2.45, 2.75) is 18.0 Å². The van der Waals surface area contributed by atoms with Gasteiger partial charge in [-0.3, -0.25) is 14.7 Å². The zero-order valence-corrected chi connectivity index (χ0v) is 23.8. The van der Waals surface area contributed by atoms with Crippen LogP contribution in [-0.4, -0.2) is 24.4 Å². The minimum Gasteiger partial charge on any atom is -0.378 e. The van der Waals surface area contributed by atoms with Gasteiger partial charge in [0.05, 0.1) is 22.5 Å². The lowest BCUT2D eigenvalue weighted by Gasteiger charge is -2.15. The molecule has 1 aliphatic rings. The van der Waals surface area contributed by atoms with Crippen molar-refractivity contribution in [1.29, 1.82) is 0 Å². The van der Waals surface area contributed by atoms with Gasteiger partial charge in [-0.25, -0.2) is 0 Å². The highest BCUT2D eigenvalue weighted by Crippen LogP contribution is 2.36. The lowest BCUT2D eigenvalue weighted by Crippen LogP contribution is -2.28. The van der Waals surface area contributed by atoms with Gasteiger partial charge in [0.25, 0.3) is 5.91 Å². The van der Waals surface area contributed by atoms with Crippen LogP contribution in [0.1, 0.15) is 16.7 Å².